The van der Waals surface area contributed by atoms with Crippen LogP contribution in [-0.2, 0) is 9.53 Å². The van der Waals surface area contributed by atoms with Crippen molar-refractivity contribution in [3.63, 3.8) is 0 Å². The normalized spacial score (nSPS) is 15.6. The van der Waals surface area contributed by atoms with Crippen LogP contribution in [0, 0.1) is 5.92 Å². The topological polar surface area (TPSA) is 68.7 Å². The van der Waals surface area contributed by atoms with E-state index >= 15 is 0 Å². The minimum atomic E-state index is -0.157. The number of esters is 1. The van der Waals surface area contributed by atoms with Crippen molar-refractivity contribution in [2.24, 2.45) is 5.92 Å². The number of amides is 1. The van der Waals surface area contributed by atoms with Crippen molar-refractivity contribution in [1.29, 1.82) is 0 Å². The number of rotatable bonds is 4. The molecule has 6 nitrogen and oxygen atoms in total. The minimum absolute atomic E-state index is 0.0574. The summed E-state index contributed by atoms with van der Waals surface area (Å²) in [4.78, 5) is 29.8. The molecular formula is C15H20N2O4. The van der Waals surface area contributed by atoms with Gasteiger partial charge in [0.2, 0.25) is 5.88 Å². The lowest BCUT2D eigenvalue weighted by Crippen LogP contribution is -2.40. The standard InChI is InChI=1S/C15H20N2O4/c1-3-21-15(19)11-5-8-17(9-6-11)14(18)12-4-7-16-13(10-12)20-2/h4,7,10-11H,3,5-6,8-9H2,1-2H3. The van der Waals surface area contributed by atoms with Crippen molar-refractivity contribution in [1.82, 2.24) is 9.88 Å². The fourth-order valence-electron chi connectivity index (χ4n) is 2.42. The molecule has 0 spiro atoms. The van der Waals surface area contributed by atoms with E-state index in [1.54, 1.807) is 30.2 Å². The fraction of sp³-hybridized carbons (Fsp3) is 0.533. The Labute approximate surface area is 124 Å². The molecule has 1 saturated heterocycles. The predicted molar refractivity (Wildman–Crippen MR) is 76.0 cm³/mol. The molecule has 0 aromatic carbocycles. The maximum absolute atomic E-state index is 12.4. The molecule has 0 saturated carbocycles. The molecule has 114 valence electrons. The third-order valence-corrected chi connectivity index (χ3v) is 3.59. The van der Waals surface area contributed by atoms with E-state index < -0.39 is 0 Å². The molecule has 2 heterocycles. The van der Waals surface area contributed by atoms with Gasteiger partial charge in [0.15, 0.2) is 0 Å². The maximum Gasteiger partial charge on any atom is 0.309 e. The Morgan fingerprint density at radius 1 is 1.38 bits per heavy atom. The summed E-state index contributed by atoms with van der Waals surface area (Å²) in [5.41, 5.74) is 0.552. The maximum atomic E-state index is 12.4. The number of ether oxygens (including phenoxy) is 2. The van der Waals surface area contributed by atoms with Crippen molar-refractivity contribution in [2.75, 3.05) is 26.8 Å². The van der Waals surface area contributed by atoms with Crippen LogP contribution in [0.3, 0.4) is 0 Å². The minimum Gasteiger partial charge on any atom is -0.481 e. The number of hydrogen-bond acceptors (Lipinski definition) is 5. The number of carbonyl (C=O) groups excluding carboxylic acids is 2. The first-order valence-corrected chi connectivity index (χ1v) is 7.11. The third-order valence-electron chi connectivity index (χ3n) is 3.59. The summed E-state index contributed by atoms with van der Waals surface area (Å²) in [6, 6.07) is 3.29. The van der Waals surface area contributed by atoms with Crippen LogP contribution in [0.4, 0.5) is 0 Å². The van der Waals surface area contributed by atoms with E-state index in [0.29, 0.717) is 44.0 Å². The van der Waals surface area contributed by atoms with E-state index in [9.17, 15) is 9.59 Å². The molecule has 0 aliphatic carbocycles. The van der Waals surface area contributed by atoms with E-state index in [1.807, 2.05) is 0 Å². The molecule has 0 atom stereocenters. The van der Waals surface area contributed by atoms with Crippen molar-refractivity contribution in [3.05, 3.63) is 23.9 Å². The molecule has 0 radical (unpaired) electrons. The van der Waals surface area contributed by atoms with E-state index in [2.05, 4.69) is 4.98 Å². The Morgan fingerprint density at radius 3 is 2.71 bits per heavy atom. The molecule has 21 heavy (non-hydrogen) atoms. The average molecular weight is 292 g/mol. The van der Waals surface area contributed by atoms with Gasteiger partial charge in [0.25, 0.3) is 5.91 Å². The second kappa shape index (κ2) is 7.06. The molecule has 1 aromatic heterocycles. The van der Waals surface area contributed by atoms with Crippen LogP contribution >= 0.6 is 0 Å². The number of likely N-dealkylation sites (tertiary alicyclic amines) is 1. The molecule has 0 N–H and O–H groups in total. The fourth-order valence-corrected chi connectivity index (χ4v) is 2.42. The van der Waals surface area contributed by atoms with Gasteiger partial charge in [-0.2, -0.15) is 0 Å². The zero-order chi connectivity index (χ0) is 15.2. The molecule has 1 fully saturated rings. The number of carbonyl (C=O) groups is 2. The molecule has 2 rings (SSSR count). The number of nitrogens with zero attached hydrogens (tertiary/aromatic N) is 2. The first-order chi connectivity index (χ1) is 10.2. The first kappa shape index (κ1) is 15.3. The smallest absolute Gasteiger partial charge is 0.309 e. The third kappa shape index (κ3) is 3.71. The van der Waals surface area contributed by atoms with Gasteiger partial charge in [-0.25, -0.2) is 4.98 Å². The van der Waals surface area contributed by atoms with Crippen LogP contribution in [0.2, 0.25) is 0 Å². The highest BCUT2D eigenvalue weighted by molar-refractivity contribution is 5.94. The molecular weight excluding hydrogens is 272 g/mol. The summed E-state index contributed by atoms with van der Waals surface area (Å²) < 4.78 is 10.0. The monoisotopic (exact) mass is 292 g/mol. The van der Waals surface area contributed by atoms with Crippen LogP contribution in [0.25, 0.3) is 0 Å². The van der Waals surface area contributed by atoms with Gasteiger partial charge in [-0.3, -0.25) is 9.59 Å². The van der Waals surface area contributed by atoms with E-state index in [0.717, 1.165) is 0 Å². The Balaban J connectivity index is 1.95. The lowest BCUT2D eigenvalue weighted by atomic mass is 9.96. The lowest BCUT2D eigenvalue weighted by molar-refractivity contribution is -0.149. The molecule has 0 bridgehead atoms. The van der Waals surface area contributed by atoms with Crippen LogP contribution in [0.15, 0.2) is 18.3 Å². The molecule has 1 aromatic rings. The van der Waals surface area contributed by atoms with Gasteiger partial charge in [0, 0.05) is 30.9 Å². The summed E-state index contributed by atoms with van der Waals surface area (Å²) in [5, 5.41) is 0. The van der Waals surface area contributed by atoms with Gasteiger partial charge < -0.3 is 14.4 Å². The predicted octanol–water partition coefficient (Wildman–Crippen LogP) is 1.51. The highest BCUT2D eigenvalue weighted by Crippen LogP contribution is 2.21. The van der Waals surface area contributed by atoms with Crippen LogP contribution < -0.4 is 4.74 Å². The van der Waals surface area contributed by atoms with Gasteiger partial charge in [-0.05, 0) is 25.8 Å². The first-order valence-electron chi connectivity index (χ1n) is 7.11. The highest BCUT2D eigenvalue weighted by atomic mass is 16.5. The zero-order valence-corrected chi connectivity index (χ0v) is 12.4. The number of hydrogen-bond donors (Lipinski definition) is 0. The zero-order valence-electron chi connectivity index (χ0n) is 12.4. The van der Waals surface area contributed by atoms with Gasteiger partial charge >= 0.3 is 5.97 Å². The van der Waals surface area contributed by atoms with Crippen molar-refractivity contribution in [2.45, 2.75) is 19.8 Å². The number of piperidine rings is 1. The summed E-state index contributed by atoms with van der Waals surface area (Å²) >= 11 is 0. The number of aromatic nitrogens is 1. The highest BCUT2D eigenvalue weighted by Gasteiger charge is 2.28. The number of methoxy groups -OCH3 is 1. The van der Waals surface area contributed by atoms with Gasteiger partial charge in [0.1, 0.15) is 0 Å². The van der Waals surface area contributed by atoms with E-state index in [4.69, 9.17) is 9.47 Å². The van der Waals surface area contributed by atoms with Crippen molar-refractivity contribution >= 4 is 11.9 Å². The average Bonchev–Trinajstić information content (AvgIpc) is 2.54. The van der Waals surface area contributed by atoms with Crippen molar-refractivity contribution in [3.8, 4) is 5.88 Å². The van der Waals surface area contributed by atoms with E-state index in [-0.39, 0.29) is 17.8 Å². The largest absolute Gasteiger partial charge is 0.481 e. The summed E-state index contributed by atoms with van der Waals surface area (Å²) in [5.74, 6) is 0.108. The summed E-state index contributed by atoms with van der Waals surface area (Å²) in [6.07, 6.45) is 2.84. The Morgan fingerprint density at radius 2 is 2.10 bits per heavy atom. The van der Waals surface area contributed by atoms with Gasteiger partial charge in [-0.15, -0.1) is 0 Å². The summed E-state index contributed by atoms with van der Waals surface area (Å²) in [6.45, 7) is 3.32. The lowest BCUT2D eigenvalue weighted by Gasteiger charge is -2.30. The molecule has 1 aliphatic heterocycles. The molecule has 1 aliphatic rings. The quantitative estimate of drug-likeness (QED) is 0.787. The van der Waals surface area contributed by atoms with Crippen LogP contribution in [0.5, 0.6) is 5.88 Å². The Hall–Kier alpha value is -2.11. The van der Waals surface area contributed by atoms with Crippen LogP contribution in [-0.4, -0.2) is 48.6 Å². The van der Waals surface area contributed by atoms with Gasteiger partial charge in [0.05, 0.1) is 19.6 Å². The number of pyridine rings is 1. The Kier molecular flexibility index (Phi) is 5.14. The van der Waals surface area contributed by atoms with Crippen molar-refractivity contribution < 1.29 is 19.1 Å². The van der Waals surface area contributed by atoms with Crippen LogP contribution in [0.1, 0.15) is 30.1 Å². The molecule has 1 amide bonds. The summed E-state index contributed by atoms with van der Waals surface area (Å²) in [7, 11) is 1.52. The Bertz CT molecular complexity index is 510. The molecule has 6 heteroatoms. The second-order valence-electron chi connectivity index (χ2n) is 4.91. The second-order valence-corrected chi connectivity index (χ2v) is 4.91. The molecule has 0 unspecified atom stereocenters. The SMILES string of the molecule is CCOC(=O)C1CCN(C(=O)c2ccnc(OC)c2)CC1. The van der Waals surface area contributed by atoms with Gasteiger partial charge in [-0.1, -0.05) is 0 Å². The van der Waals surface area contributed by atoms with E-state index in [1.165, 1.54) is 7.11 Å².